The molecular weight excluding hydrogens is 320 g/mol. The van der Waals surface area contributed by atoms with Gasteiger partial charge in [-0.2, -0.15) is 0 Å². The number of hydrogen-bond acceptors (Lipinski definition) is 4. The van der Waals surface area contributed by atoms with Gasteiger partial charge in [0.25, 0.3) is 0 Å². The summed E-state index contributed by atoms with van der Waals surface area (Å²) < 4.78 is 28.4. The standard InChI is InChI=1S/C12H12BrF2N3O/c13-6-3-8(14)10(9(15)4-6)7-5-18-1-2-19-17-12(18)11(7)16/h3-4,7,11H,1-2,5,16H2/t7-,11-/m0/s1. The maximum atomic E-state index is 14.0. The zero-order valence-electron chi connectivity index (χ0n) is 9.94. The molecule has 2 atom stereocenters. The lowest BCUT2D eigenvalue weighted by Gasteiger charge is -2.22. The van der Waals surface area contributed by atoms with E-state index in [-0.39, 0.29) is 5.56 Å². The van der Waals surface area contributed by atoms with Crippen molar-refractivity contribution in [3.8, 4) is 0 Å². The zero-order chi connectivity index (χ0) is 13.6. The molecule has 102 valence electrons. The molecule has 2 N–H and O–H groups in total. The van der Waals surface area contributed by atoms with Crippen molar-refractivity contribution in [1.82, 2.24) is 4.90 Å². The Labute approximate surface area is 117 Å². The predicted molar refractivity (Wildman–Crippen MR) is 69.7 cm³/mol. The number of nitrogens with zero attached hydrogens (tertiary/aromatic N) is 2. The average molecular weight is 332 g/mol. The van der Waals surface area contributed by atoms with E-state index in [9.17, 15) is 8.78 Å². The Morgan fingerprint density at radius 3 is 2.68 bits per heavy atom. The van der Waals surface area contributed by atoms with Gasteiger partial charge in [-0.1, -0.05) is 21.1 Å². The van der Waals surface area contributed by atoms with Gasteiger partial charge in [0.1, 0.15) is 18.2 Å². The van der Waals surface area contributed by atoms with Crippen molar-refractivity contribution in [2.45, 2.75) is 12.0 Å². The molecule has 4 nitrogen and oxygen atoms in total. The van der Waals surface area contributed by atoms with Crippen molar-refractivity contribution in [2.24, 2.45) is 10.9 Å². The summed E-state index contributed by atoms with van der Waals surface area (Å²) in [5, 5.41) is 3.89. The molecule has 0 bridgehead atoms. The van der Waals surface area contributed by atoms with Gasteiger partial charge in [-0.15, -0.1) is 0 Å². The highest BCUT2D eigenvalue weighted by Gasteiger charge is 2.41. The first-order valence-electron chi connectivity index (χ1n) is 5.92. The van der Waals surface area contributed by atoms with Crippen molar-refractivity contribution in [3.63, 3.8) is 0 Å². The molecule has 0 amide bonds. The molecule has 2 aliphatic rings. The summed E-state index contributed by atoms with van der Waals surface area (Å²) in [4.78, 5) is 6.91. The average Bonchev–Trinajstić information content (AvgIpc) is 2.66. The second kappa shape index (κ2) is 4.72. The number of fused-ring (bicyclic) bond motifs is 1. The van der Waals surface area contributed by atoms with Gasteiger partial charge in [-0.25, -0.2) is 8.78 Å². The Hall–Kier alpha value is -1.21. The van der Waals surface area contributed by atoms with Gasteiger partial charge < -0.3 is 15.5 Å². The number of benzene rings is 1. The quantitative estimate of drug-likeness (QED) is 0.853. The molecule has 1 saturated heterocycles. The molecule has 1 aromatic carbocycles. The van der Waals surface area contributed by atoms with Crippen LogP contribution in [0, 0.1) is 11.6 Å². The molecule has 0 aromatic heterocycles. The van der Waals surface area contributed by atoms with Crippen molar-refractivity contribution in [3.05, 3.63) is 33.8 Å². The Morgan fingerprint density at radius 2 is 2.05 bits per heavy atom. The van der Waals surface area contributed by atoms with Crippen molar-refractivity contribution < 1.29 is 13.6 Å². The highest BCUT2D eigenvalue weighted by atomic mass is 79.9. The number of hydrogen-bond donors (Lipinski definition) is 1. The Morgan fingerprint density at radius 1 is 1.37 bits per heavy atom. The summed E-state index contributed by atoms with van der Waals surface area (Å²) in [5.74, 6) is -1.06. The fraction of sp³-hybridized carbons (Fsp3) is 0.417. The summed E-state index contributed by atoms with van der Waals surface area (Å²) in [7, 11) is 0. The first-order chi connectivity index (χ1) is 9.08. The third-order valence-electron chi connectivity index (χ3n) is 3.50. The molecule has 19 heavy (non-hydrogen) atoms. The van der Waals surface area contributed by atoms with E-state index in [1.807, 2.05) is 4.90 Å². The van der Waals surface area contributed by atoms with Crippen LogP contribution in [0.3, 0.4) is 0 Å². The Kier molecular flexibility index (Phi) is 3.18. The molecule has 0 aliphatic carbocycles. The molecular formula is C12H12BrF2N3O. The maximum absolute atomic E-state index is 14.0. The van der Waals surface area contributed by atoms with Crippen LogP contribution >= 0.6 is 15.9 Å². The minimum absolute atomic E-state index is 0.0211. The summed E-state index contributed by atoms with van der Waals surface area (Å²) in [5.41, 5.74) is 6.07. The van der Waals surface area contributed by atoms with Crippen molar-refractivity contribution in [1.29, 1.82) is 0 Å². The molecule has 0 unspecified atom stereocenters. The van der Waals surface area contributed by atoms with Crippen LogP contribution in [0.4, 0.5) is 8.78 Å². The normalized spacial score (nSPS) is 25.9. The van der Waals surface area contributed by atoms with Gasteiger partial charge in [0.15, 0.2) is 5.84 Å². The zero-order valence-corrected chi connectivity index (χ0v) is 11.5. The van der Waals surface area contributed by atoms with Gasteiger partial charge in [0.2, 0.25) is 0 Å². The molecule has 0 spiro atoms. The summed E-state index contributed by atoms with van der Waals surface area (Å²) in [6.07, 6.45) is 0. The molecule has 3 rings (SSSR count). The lowest BCUT2D eigenvalue weighted by atomic mass is 9.93. The van der Waals surface area contributed by atoms with Crippen molar-refractivity contribution in [2.75, 3.05) is 19.7 Å². The van der Waals surface area contributed by atoms with E-state index < -0.39 is 23.6 Å². The van der Waals surface area contributed by atoms with Crippen molar-refractivity contribution >= 4 is 21.8 Å². The number of nitrogens with two attached hydrogens (primary N) is 1. The van der Waals surface area contributed by atoms with E-state index in [4.69, 9.17) is 10.6 Å². The molecule has 1 fully saturated rings. The van der Waals surface area contributed by atoms with Gasteiger partial charge in [0.05, 0.1) is 12.6 Å². The molecule has 0 radical (unpaired) electrons. The fourth-order valence-electron chi connectivity index (χ4n) is 2.60. The molecule has 2 heterocycles. The second-order valence-electron chi connectivity index (χ2n) is 4.64. The first kappa shape index (κ1) is 12.8. The van der Waals surface area contributed by atoms with E-state index in [1.54, 1.807) is 0 Å². The summed E-state index contributed by atoms with van der Waals surface area (Å²) >= 11 is 3.07. The highest BCUT2D eigenvalue weighted by Crippen LogP contribution is 2.33. The third kappa shape index (κ3) is 2.10. The van der Waals surface area contributed by atoms with Crippen LogP contribution in [0.15, 0.2) is 21.8 Å². The monoisotopic (exact) mass is 331 g/mol. The van der Waals surface area contributed by atoms with E-state index in [1.165, 1.54) is 12.1 Å². The predicted octanol–water partition coefficient (Wildman–Crippen LogP) is 1.80. The largest absolute Gasteiger partial charge is 0.392 e. The second-order valence-corrected chi connectivity index (χ2v) is 5.56. The van der Waals surface area contributed by atoms with E-state index in [0.717, 1.165) is 0 Å². The van der Waals surface area contributed by atoms with Crippen LogP contribution in [0.2, 0.25) is 0 Å². The summed E-state index contributed by atoms with van der Waals surface area (Å²) in [6, 6.07) is 1.95. The van der Waals surface area contributed by atoms with Crippen LogP contribution in [0.25, 0.3) is 0 Å². The van der Waals surface area contributed by atoms with Gasteiger partial charge >= 0.3 is 0 Å². The highest BCUT2D eigenvalue weighted by molar-refractivity contribution is 9.10. The molecule has 1 aromatic rings. The molecule has 0 saturated carbocycles. The smallest absolute Gasteiger partial charge is 0.162 e. The number of halogens is 3. The SMILES string of the molecule is N[C@@H]1C2=NOCCN2C[C@H]1c1c(F)cc(Br)cc1F. The minimum atomic E-state index is -0.589. The minimum Gasteiger partial charge on any atom is -0.392 e. The lowest BCUT2D eigenvalue weighted by molar-refractivity contribution is 0.106. The van der Waals surface area contributed by atoms with E-state index >= 15 is 0 Å². The Bertz CT molecular complexity index is 529. The van der Waals surface area contributed by atoms with Gasteiger partial charge in [-0.05, 0) is 12.1 Å². The Balaban J connectivity index is 2.00. The topological polar surface area (TPSA) is 50.9 Å². The van der Waals surface area contributed by atoms with E-state index in [2.05, 4.69) is 21.1 Å². The summed E-state index contributed by atoms with van der Waals surface area (Å²) in [6.45, 7) is 1.57. The lowest BCUT2D eigenvalue weighted by Crippen LogP contribution is -2.39. The van der Waals surface area contributed by atoms with Crippen LogP contribution < -0.4 is 5.73 Å². The van der Waals surface area contributed by atoms with Crippen LogP contribution in [0.5, 0.6) is 0 Å². The number of oxime groups is 1. The van der Waals surface area contributed by atoms with Gasteiger partial charge in [0, 0.05) is 22.5 Å². The van der Waals surface area contributed by atoms with Crippen LogP contribution in [-0.4, -0.2) is 36.5 Å². The molecule has 7 heteroatoms. The van der Waals surface area contributed by atoms with Gasteiger partial charge in [-0.3, -0.25) is 0 Å². The maximum Gasteiger partial charge on any atom is 0.162 e. The number of rotatable bonds is 1. The molecule has 2 aliphatic heterocycles. The van der Waals surface area contributed by atoms with E-state index in [0.29, 0.717) is 30.0 Å². The number of amidine groups is 1. The fourth-order valence-corrected chi connectivity index (χ4v) is 3.00. The first-order valence-corrected chi connectivity index (χ1v) is 6.72. The van der Waals surface area contributed by atoms with Crippen LogP contribution in [-0.2, 0) is 4.84 Å². The third-order valence-corrected chi connectivity index (χ3v) is 3.96. The van der Waals surface area contributed by atoms with Crippen LogP contribution in [0.1, 0.15) is 11.5 Å².